The predicted octanol–water partition coefficient (Wildman–Crippen LogP) is 0.750. The first-order valence-corrected chi connectivity index (χ1v) is 7.42. The molecule has 100 valence electrons. The average Bonchev–Trinajstić information content (AvgIpc) is 3.03. The molecule has 0 spiro atoms. The minimum absolute atomic E-state index is 0.112. The maximum absolute atomic E-state index is 12.7. The van der Waals surface area contributed by atoms with Crippen molar-refractivity contribution in [2.24, 2.45) is 23.5 Å². The van der Waals surface area contributed by atoms with Crippen LogP contribution in [-0.2, 0) is 9.53 Å². The molecule has 4 nitrogen and oxygen atoms in total. The van der Waals surface area contributed by atoms with Gasteiger partial charge in [0.1, 0.15) is 0 Å². The number of likely N-dealkylation sites (tertiary alicyclic amines) is 1. The van der Waals surface area contributed by atoms with Crippen molar-refractivity contribution < 1.29 is 9.53 Å². The molecule has 4 rings (SSSR count). The van der Waals surface area contributed by atoms with Gasteiger partial charge in [0.25, 0.3) is 0 Å². The molecule has 6 unspecified atom stereocenters. The summed E-state index contributed by atoms with van der Waals surface area (Å²) in [5.74, 6) is 1.62. The molecule has 2 N–H and O–H groups in total. The van der Waals surface area contributed by atoms with E-state index in [-0.39, 0.29) is 12.0 Å². The minimum Gasteiger partial charge on any atom is -0.371 e. The van der Waals surface area contributed by atoms with Crippen LogP contribution in [0.3, 0.4) is 0 Å². The molecular formula is C14H22N2O2. The van der Waals surface area contributed by atoms with Crippen molar-refractivity contribution in [3.8, 4) is 0 Å². The number of carbonyl (C=O) groups is 1. The highest BCUT2D eigenvalue weighted by molar-refractivity contribution is 5.80. The average molecular weight is 250 g/mol. The molecule has 4 aliphatic rings. The van der Waals surface area contributed by atoms with E-state index in [4.69, 9.17) is 10.5 Å². The summed E-state index contributed by atoms with van der Waals surface area (Å²) >= 11 is 0. The summed E-state index contributed by atoms with van der Waals surface area (Å²) in [6.45, 7) is 1.60. The Hall–Kier alpha value is -0.610. The maximum Gasteiger partial charge on any atom is 0.227 e. The summed E-state index contributed by atoms with van der Waals surface area (Å²) in [6, 6.07) is 0.122. The molecule has 18 heavy (non-hydrogen) atoms. The third kappa shape index (κ3) is 1.55. The monoisotopic (exact) mass is 250 g/mol. The summed E-state index contributed by atoms with van der Waals surface area (Å²) in [6.07, 6.45) is 6.48. The van der Waals surface area contributed by atoms with E-state index in [1.165, 1.54) is 19.3 Å². The molecule has 4 heteroatoms. The lowest BCUT2D eigenvalue weighted by atomic mass is 9.84. The Morgan fingerprint density at radius 2 is 1.72 bits per heavy atom. The minimum atomic E-state index is 0.112. The fourth-order valence-corrected chi connectivity index (χ4v) is 4.71. The van der Waals surface area contributed by atoms with Gasteiger partial charge in [-0.3, -0.25) is 4.79 Å². The normalized spacial score (nSPS) is 49.9. The fourth-order valence-electron chi connectivity index (χ4n) is 4.71. The SMILES string of the molecule is NC1C2CCC(C2)C1C(=O)N1CC2CCC(C1)O2. The van der Waals surface area contributed by atoms with Gasteiger partial charge in [0.15, 0.2) is 0 Å². The molecule has 6 atom stereocenters. The molecule has 2 saturated heterocycles. The summed E-state index contributed by atoms with van der Waals surface area (Å²) in [7, 11) is 0. The number of rotatable bonds is 1. The lowest BCUT2D eigenvalue weighted by Gasteiger charge is -2.37. The number of carbonyl (C=O) groups excluding carboxylic acids is 1. The number of nitrogens with two attached hydrogens (primary N) is 1. The van der Waals surface area contributed by atoms with Crippen LogP contribution >= 0.6 is 0 Å². The Morgan fingerprint density at radius 3 is 2.33 bits per heavy atom. The van der Waals surface area contributed by atoms with Crippen molar-refractivity contribution in [2.75, 3.05) is 13.1 Å². The van der Waals surface area contributed by atoms with Crippen molar-refractivity contribution in [1.82, 2.24) is 4.90 Å². The molecule has 2 aliphatic carbocycles. The predicted molar refractivity (Wildman–Crippen MR) is 66.8 cm³/mol. The van der Waals surface area contributed by atoms with E-state index in [0.717, 1.165) is 25.9 Å². The van der Waals surface area contributed by atoms with Crippen molar-refractivity contribution in [3.05, 3.63) is 0 Å². The molecule has 2 saturated carbocycles. The van der Waals surface area contributed by atoms with Crippen LogP contribution < -0.4 is 5.73 Å². The number of morpholine rings is 1. The Kier molecular flexibility index (Phi) is 2.46. The van der Waals surface area contributed by atoms with E-state index in [9.17, 15) is 4.79 Å². The second-order valence-electron chi connectivity index (χ2n) is 6.64. The van der Waals surface area contributed by atoms with Crippen LogP contribution in [0.5, 0.6) is 0 Å². The van der Waals surface area contributed by atoms with E-state index in [1.807, 2.05) is 0 Å². The number of hydrogen-bond donors (Lipinski definition) is 1. The van der Waals surface area contributed by atoms with E-state index < -0.39 is 0 Å². The Labute approximate surface area is 108 Å². The van der Waals surface area contributed by atoms with Crippen LogP contribution in [0.4, 0.5) is 0 Å². The van der Waals surface area contributed by atoms with Gasteiger partial charge >= 0.3 is 0 Å². The number of nitrogens with zero attached hydrogens (tertiary/aromatic N) is 1. The number of amides is 1. The second kappa shape index (κ2) is 3.94. The quantitative estimate of drug-likeness (QED) is 0.747. The number of ether oxygens (including phenoxy) is 1. The van der Waals surface area contributed by atoms with Crippen LogP contribution in [0, 0.1) is 17.8 Å². The molecular weight excluding hydrogens is 228 g/mol. The van der Waals surface area contributed by atoms with Crippen molar-refractivity contribution in [2.45, 2.75) is 50.4 Å². The highest BCUT2D eigenvalue weighted by Crippen LogP contribution is 2.48. The topological polar surface area (TPSA) is 55.6 Å². The highest BCUT2D eigenvalue weighted by Gasteiger charge is 2.51. The lowest BCUT2D eigenvalue weighted by Crippen LogP contribution is -2.52. The van der Waals surface area contributed by atoms with E-state index >= 15 is 0 Å². The molecule has 0 aromatic carbocycles. The van der Waals surface area contributed by atoms with Gasteiger partial charge in [-0.2, -0.15) is 0 Å². The van der Waals surface area contributed by atoms with Gasteiger partial charge in [-0.1, -0.05) is 0 Å². The third-order valence-corrected chi connectivity index (χ3v) is 5.62. The Bertz CT molecular complexity index is 359. The lowest BCUT2D eigenvalue weighted by molar-refractivity contribution is -0.146. The summed E-state index contributed by atoms with van der Waals surface area (Å²) < 4.78 is 5.80. The zero-order valence-electron chi connectivity index (χ0n) is 10.8. The molecule has 0 aromatic heterocycles. The largest absolute Gasteiger partial charge is 0.371 e. The third-order valence-electron chi connectivity index (χ3n) is 5.62. The highest BCUT2D eigenvalue weighted by atomic mass is 16.5. The fraction of sp³-hybridized carbons (Fsp3) is 0.929. The summed E-state index contributed by atoms with van der Waals surface area (Å²) in [5, 5.41) is 0. The summed E-state index contributed by atoms with van der Waals surface area (Å²) in [5.41, 5.74) is 6.28. The van der Waals surface area contributed by atoms with Gasteiger partial charge in [-0.25, -0.2) is 0 Å². The Morgan fingerprint density at radius 1 is 1.06 bits per heavy atom. The van der Waals surface area contributed by atoms with Crippen molar-refractivity contribution in [3.63, 3.8) is 0 Å². The standard InChI is InChI=1S/C14H22N2O2/c15-13-9-2-1-8(5-9)12(13)14(17)16-6-10-3-4-11(7-16)18-10/h8-13H,1-7,15H2. The van der Waals surface area contributed by atoms with Gasteiger partial charge in [0.2, 0.25) is 5.91 Å². The molecule has 0 aromatic rings. The Balaban J connectivity index is 1.50. The zero-order valence-corrected chi connectivity index (χ0v) is 10.8. The van der Waals surface area contributed by atoms with E-state index in [0.29, 0.717) is 30.0 Å². The maximum atomic E-state index is 12.7. The first-order valence-electron chi connectivity index (χ1n) is 7.42. The molecule has 2 heterocycles. The number of hydrogen-bond acceptors (Lipinski definition) is 3. The van der Waals surface area contributed by atoms with Crippen molar-refractivity contribution >= 4 is 5.91 Å². The van der Waals surface area contributed by atoms with Crippen LogP contribution in [0.1, 0.15) is 32.1 Å². The van der Waals surface area contributed by atoms with Gasteiger partial charge in [-0.15, -0.1) is 0 Å². The molecule has 2 aliphatic heterocycles. The van der Waals surface area contributed by atoms with Crippen LogP contribution in [-0.4, -0.2) is 42.1 Å². The first-order chi connectivity index (χ1) is 8.72. The smallest absolute Gasteiger partial charge is 0.227 e. The zero-order chi connectivity index (χ0) is 12.3. The van der Waals surface area contributed by atoms with Crippen molar-refractivity contribution in [1.29, 1.82) is 0 Å². The summed E-state index contributed by atoms with van der Waals surface area (Å²) in [4.78, 5) is 14.8. The molecule has 1 amide bonds. The van der Waals surface area contributed by atoms with Crippen LogP contribution in [0.2, 0.25) is 0 Å². The van der Waals surface area contributed by atoms with Gasteiger partial charge in [0.05, 0.1) is 18.1 Å². The van der Waals surface area contributed by atoms with Crippen LogP contribution in [0.15, 0.2) is 0 Å². The molecule has 0 radical (unpaired) electrons. The second-order valence-corrected chi connectivity index (χ2v) is 6.64. The van der Waals surface area contributed by atoms with E-state index in [1.54, 1.807) is 0 Å². The van der Waals surface area contributed by atoms with Crippen LogP contribution in [0.25, 0.3) is 0 Å². The van der Waals surface area contributed by atoms with Gasteiger partial charge in [-0.05, 0) is 43.9 Å². The van der Waals surface area contributed by atoms with Gasteiger partial charge < -0.3 is 15.4 Å². The number of fused-ring (bicyclic) bond motifs is 4. The van der Waals surface area contributed by atoms with E-state index in [2.05, 4.69) is 4.90 Å². The molecule has 4 fully saturated rings. The van der Waals surface area contributed by atoms with Gasteiger partial charge in [0, 0.05) is 19.1 Å². The first kappa shape index (κ1) is 11.2. The molecule has 4 bridgehead atoms.